The topological polar surface area (TPSA) is 101 Å². The van der Waals surface area contributed by atoms with Crippen LogP contribution < -0.4 is 0 Å². The fourth-order valence-corrected chi connectivity index (χ4v) is 8.61. The average molecular weight is 497 g/mol. The van der Waals surface area contributed by atoms with Crippen molar-refractivity contribution in [2.24, 2.45) is 22.7 Å². The zero-order chi connectivity index (χ0) is 24.6. The monoisotopic (exact) mass is 496 g/mol. The minimum atomic E-state index is -4.03. The van der Waals surface area contributed by atoms with Crippen LogP contribution in [0.3, 0.4) is 0 Å². The molecule has 190 valence electrons. The van der Waals surface area contributed by atoms with Gasteiger partial charge in [0.05, 0.1) is 35.9 Å². The van der Waals surface area contributed by atoms with Crippen LogP contribution >= 0.6 is 0 Å². The smallest absolute Gasteiger partial charge is 0.297 e. The molecule has 3 aliphatic carbocycles. The van der Waals surface area contributed by atoms with Gasteiger partial charge in [-0.15, -0.1) is 0 Å². The molecular formula is C25H36O8S. The van der Waals surface area contributed by atoms with E-state index in [1.165, 1.54) is 0 Å². The number of methoxy groups -OCH3 is 1. The molecule has 4 aliphatic rings. The molecule has 34 heavy (non-hydrogen) atoms. The van der Waals surface area contributed by atoms with E-state index in [-0.39, 0.29) is 23.7 Å². The van der Waals surface area contributed by atoms with Crippen LogP contribution in [0.4, 0.5) is 0 Å². The third-order valence-electron chi connectivity index (χ3n) is 9.07. The number of ether oxygens (including phenoxy) is 4. The molecule has 1 heterocycles. The van der Waals surface area contributed by atoms with E-state index in [0.717, 1.165) is 5.56 Å². The van der Waals surface area contributed by atoms with Crippen molar-refractivity contribution in [1.82, 2.24) is 0 Å². The molecule has 0 radical (unpaired) electrons. The van der Waals surface area contributed by atoms with E-state index in [4.69, 9.17) is 23.1 Å². The van der Waals surface area contributed by atoms with E-state index in [0.29, 0.717) is 32.5 Å². The molecule has 3 saturated carbocycles. The highest BCUT2D eigenvalue weighted by Crippen LogP contribution is 2.77. The van der Waals surface area contributed by atoms with Crippen LogP contribution in [0.2, 0.25) is 0 Å². The van der Waals surface area contributed by atoms with Gasteiger partial charge in [-0.2, -0.15) is 8.42 Å². The van der Waals surface area contributed by atoms with Crippen molar-refractivity contribution in [2.45, 2.75) is 75.4 Å². The Morgan fingerprint density at radius 3 is 2.38 bits per heavy atom. The lowest BCUT2D eigenvalue weighted by Crippen LogP contribution is -2.82. The predicted octanol–water partition coefficient (Wildman–Crippen LogP) is 3.01. The van der Waals surface area contributed by atoms with Crippen molar-refractivity contribution in [2.75, 3.05) is 27.1 Å². The molecule has 9 heteroatoms. The summed E-state index contributed by atoms with van der Waals surface area (Å²) in [5, 5.41) is 12.1. The Bertz CT molecular complexity index is 1030. The summed E-state index contributed by atoms with van der Waals surface area (Å²) in [6.45, 7) is 9.01. The number of hydrogen-bond donors (Lipinski definition) is 1. The summed E-state index contributed by atoms with van der Waals surface area (Å²) in [7, 11) is -2.46. The summed E-state index contributed by atoms with van der Waals surface area (Å²) in [5.74, 6) is -1.73. The summed E-state index contributed by atoms with van der Waals surface area (Å²) in [5.41, 5.74) is -1.46. The molecule has 1 saturated heterocycles. The van der Waals surface area contributed by atoms with E-state index < -0.39 is 44.4 Å². The van der Waals surface area contributed by atoms with Crippen molar-refractivity contribution in [3.8, 4) is 0 Å². The number of aliphatic hydroxyl groups is 1. The molecule has 4 fully saturated rings. The Kier molecular flexibility index (Phi) is 5.77. The van der Waals surface area contributed by atoms with Crippen LogP contribution in [-0.2, 0) is 33.2 Å². The summed E-state index contributed by atoms with van der Waals surface area (Å²) in [4.78, 5) is 0.114. The van der Waals surface area contributed by atoms with Gasteiger partial charge in [-0.1, -0.05) is 38.5 Å². The highest BCUT2D eigenvalue weighted by atomic mass is 32.2. The Balaban J connectivity index is 1.55. The van der Waals surface area contributed by atoms with Gasteiger partial charge in [-0.05, 0) is 38.3 Å². The quantitative estimate of drug-likeness (QED) is 0.474. The SMILES string of the molecule is COCO[C@@H]1CC[C@]2(O)[C@@H]3[C@@H](OS(=O)(=O)c4ccc(C)cc4)CC(C)(C)C4(OCCO4)[C@H]3[C@]12C. The van der Waals surface area contributed by atoms with Crippen LogP contribution in [0.15, 0.2) is 29.2 Å². The van der Waals surface area contributed by atoms with Gasteiger partial charge in [0.1, 0.15) is 6.79 Å². The molecule has 0 unspecified atom stereocenters. The minimum absolute atomic E-state index is 0.114. The zero-order valence-corrected chi connectivity index (χ0v) is 21.4. The first-order valence-electron chi connectivity index (χ1n) is 12.0. The highest BCUT2D eigenvalue weighted by molar-refractivity contribution is 7.86. The zero-order valence-electron chi connectivity index (χ0n) is 20.6. The van der Waals surface area contributed by atoms with E-state index >= 15 is 0 Å². The summed E-state index contributed by atoms with van der Waals surface area (Å²) < 4.78 is 56.4. The maximum absolute atomic E-state index is 13.3. The van der Waals surface area contributed by atoms with Gasteiger partial charge in [0.25, 0.3) is 10.1 Å². The largest absolute Gasteiger partial charge is 0.389 e. The number of aryl methyl sites for hydroxylation is 1. The molecule has 5 rings (SSSR count). The Labute approximate surface area is 202 Å². The molecule has 1 N–H and O–H groups in total. The first kappa shape index (κ1) is 24.6. The van der Waals surface area contributed by atoms with Crippen LogP contribution in [0, 0.1) is 29.6 Å². The van der Waals surface area contributed by atoms with Crippen molar-refractivity contribution in [3.63, 3.8) is 0 Å². The van der Waals surface area contributed by atoms with Crippen molar-refractivity contribution < 1.29 is 36.7 Å². The molecule has 1 aromatic rings. The molecule has 0 aromatic heterocycles. The van der Waals surface area contributed by atoms with Crippen LogP contribution in [-0.4, -0.2) is 64.2 Å². The summed E-state index contributed by atoms with van der Waals surface area (Å²) >= 11 is 0. The second-order valence-corrected chi connectivity index (χ2v) is 12.7. The molecule has 1 spiro atoms. The second-order valence-electron chi connectivity index (χ2n) is 11.2. The summed E-state index contributed by atoms with van der Waals surface area (Å²) in [6, 6.07) is 6.62. The number of fused-ring (bicyclic) bond motifs is 5. The van der Waals surface area contributed by atoms with Gasteiger partial charge in [0, 0.05) is 29.8 Å². The maximum atomic E-state index is 13.3. The molecule has 0 bridgehead atoms. The highest BCUT2D eigenvalue weighted by Gasteiger charge is 2.85. The Hall–Kier alpha value is -1.07. The molecule has 8 nitrogen and oxygen atoms in total. The molecule has 0 amide bonds. The standard InChI is InChI=1S/C25H36O8S/c1-16-6-8-17(9-7-16)34(27,28)33-18-14-22(2,3)25(31-12-13-32-25)21-20(18)24(26)11-10-19(23(21,24)4)30-15-29-5/h6-9,18-21,26H,10-15H2,1-5H3/t18-,19+,20+,21+,23-,24-/m0/s1. The Morgan fingerprint density at radius 1 is 1.12 bits per heavy atom. The summed E-state index contributed by atoms with van der Waals surface area (Å²) in [6.07, 6.45) is 0.508. The minimum Gasteiger partial charge on any atom is -0.389 e. The molecule has 6 atom stereocenters. The molecule has 1 aliphatic heterocycles. The van der Waals surface area contributed by atoms with Crippen molar-refractivity contribution in [3.05, 3.63) is 29.8 Å². The molecular weight excluding hydrogens is 460 g/mol. The first-order valence-corrected chi connectivity index (χ1v) is 13.4. The normalized spacial score (nSPS) is 40.1. The van der Waals surface area contributed by atoms with Gasteiger partial charge >= 0.3 is 0 Å². The predicted molar refractivity (Wildman–Crippen MR) is 122 cm³/mol. The third-order valence-corrected chi connectivity index (χ3v) is 10.4. The lowest BCUT2D eigenvalue weighted by Gasteiger charge is -2.73. The van der Waals surface area contributed by atoms with Gasteiger partial charge < -0.3 is 24.1 Å². The van der Waals surface area contributed by atoms with Gasteiger partial charge in [-0.3, -0.25) is 4.18 Å². The van der Waals surface area contributed by atoms with Crippen LogP contribution in [0.5, 0.6) is 0 Å². The van der Waals surface area contributed by atoms with Gasteiger partial charge in [0.2, 0.25) is 0 Å². The van der Waals surface area contributed by atoms with E-state index in [2.05, 4.69) is 0 Å². The fraction of sp³-hybridized carbons (Fsp3) is 0.760. The lowest BCUT2D eigenvalue weighted by molar-refractivity contribution is -0.415. The lowest BCUT2D eigenvalue weighted by atomic mass is 9.37. The fourth-order valence-electron chi connectivity index (χ4n) is 7.52. The van der Waals surface area contributed by atoms with Crippen molar-refractivity contribution in [1.29, 1.82) is 0 Å². The van der Waals surface area contributed by atoms with Gasteiger partial charge in [-0.25, -0.2) is 0 Å². The second kappa shape index (κ2) is 7.96. The van der Waals surface area contributed by atoms with E-state index in [1.54, 1.807) is 31.4 Å². The number of hydrogen-bond acceptors (Lipinski definition) is 8. The van der Waals surface area contributed by atoms with E-state index in [9.17, 15) is 13.5 Å². The third kappa shape index (κ3) is 3.14. The van der Waals surface area contributed by atoms with E-state index in [1.807, 2.05) is 27.7 Å². The first-order chi connectivity index (χ1) is 15.9. The number of benzene rings is 1. The molecule has 1 aromatic carbocycles. The van der Waals surface area contributed by atoms with Gasteiger partial charge in [0.15, 0.2) is 5.79 Å². The van der Waals surface area contributed by atoms with Crippen molar-refractivity contribution >= 4 is 10.1 Å². The Morgan fingerprint density at radius 2 is 1.76 bits per heavy atom. The average Bonchev–Trinajstić information content (AvgIpc) is 3.32. The van der Waals surface area contributed by atoms with Crippen LogP contribution in [0.25, 0.3) is 0 Å². The van der Waals surface area contributed by atoms with Crippen LogP contribution in [0.1, 0.15) is 45.6 Å². The maximum Gasteiger partial charge on any atom is 0.297 e. The number of rotatable bonds is 6.